The van der Waals surface area contributed by atoms with Gasteiger partial charge in [-0.15, -0.1) is 0 Å². The molecule has 0 unspecified atom stereocenters. The number of nitrogens with zero attached hydrogens (tertiary/aromatic N) is 12. The molecule has 0 aliphatic carbocycles. The van der Waals surface area contributed by atoms with Gasteiger partial charge < -0.3 is 128 Å². The van der Waals surface area contributed by atoms with Gasteiger partial charge in [0.15, 0.2) is 37.7 Å². The molecule has 22 fully saturated rings. The molecule has 0 saturated carbocycles. The maximum Gasteiger partial charge on any atom is 0.187 e. The van der Waals surface area contributed by atoms with E-state index in [2.05, 4.69) is 40.1 Å². The summed E-state index contributed by atoms with van der Waals surface area (Å²) in [6, 6.07) is 0. The van der Waals surface area contributed by atoms with Crippen LogP contribution in [-0.4, -0.2) is 295 Å². The number of ether oxygens (including phenoxy) is 12. The summed E-state index contributed by atoms with van der Waals surface area (Å²) < 4.78 is 69.5. The minimum atomic E-state index is -2.21. The van der Waals surface area contributed by atoms with Gasteiger partial charge in [0, 0.05) is 19.6 Å². The van der Waals surface area contributed by atoms with Crippen LogP contribution in [0.5, 0.6) is 0 Å². The van der Waals surface area contributed by atoms with Gasteiger partial charge in [0.2, 0.25) is 0 Å². The highest BCUT2D eigenvalue weighted by Gasteiger charge is 2.58. The van der Waals surface area contributed by atoms with Gasteiger partial charge in [0.1, 0.15) is 122 Å². The summed E-state index contributed by atoms with van der Waals surface area (Å²) in [5.41, 5.74) is 36.7. The van der Waals surface area contributed by atoms with E-state index in [1.165, 1.54) is 0 Å². The zero-order valence-corrected chi connectivity index (χ0v) is 38.1. The van der Waals surface area contributed by atoms with Crippen molar-refractivity contribution in [3.05, 3.63) is 41.8 Å². The summed E-state index contributed by atoms with van der Waals surface area (Å²) in [5, 5.41) is 171. The summed E-state index contributed by atoms with van der Waals surface area (Å²) in [6.45, 7) is -5.00. The summed E-state index contributed by atoms with van der Waals surface area (Å²) in [5.74, 6) is 0. The molecule has 0 aromatic carbocycles. The predicted molar refractivity (Wildman–Crippen MR) is 224 cm³/mol. The second-order valence-corrected chi connectivity index (χ2v) is 17.8. The zero-order chi connectivity index (χ0) is 53.7. The summed E-state index contributed by atoms with van der Waals surface area (Å²) in [7, 11) is 0. The molecule has 14 N–H and O–H groups in total. The lowest BCUT2D eigenvalue weighted by atomic mass is 9.94. The largest absolute Gasteiger partial charge is 0.394 e. The number of azide groups is 4. The third-order valence-electron chi connectivity index (χ3n) is 13.3. The number of aliphatic hydroxyl groups is 14. The maximum absolute atomic E-state index is 11.5. The third-order valence-corrected chi connectivity index (χ3v) is 13.3. The highest BCUT2D eigenvalue weighted by atomic mass is 16.8. The molecule has 38 heteroatoms. The van der Waals surface area contributed by atoms with Crippen LogP contribution in [0.25, 0.3) is 41.8 Å². The fourth-order valence-electron chi connectivity index (χ4n) is 9.40. The van der Waals surface area contributed by atoms with Crippen molar-refractivity contribution >= 4 is 0 Å². The summed E-state index contributed by atoms with van der Waals surface area (Å²) >= 11 is 0. The molecule has 0 spiro atoms. The first-order chi connectivity index (χ1) is 35.4. The number of aliphatic hydroxyl groups excluding tert-OH is 14. The van der Waals surface area contributed by atoms with Crippen molar-refractivity contribution in [3.63, 3.8) is 0 Å². The first-order valence-corrected chi connectivity index (χ1v) is 22.7. The van der Waals surface area contributed by atoms with Crippen LogP contribution < -0.4 is 0 Å². The number of hydrogen-bond donors (Lipinski definition) is 14. The van der Waals surface area contributed by atoms with Crippen LogP contribution in [0.15, 0.2) is 20.5 Å². The molecule has 0 radical (unpaired) electrons. The van der Waals surface area contributed by atoms with Gasteiger partial charge in [0.05, 0.1) is 63.8 Å². The van der Waals surface area contributed by atoms with Gasteiger partial charge in [-0.25, -0.2) is 0 Å². The minimum Gasteiger partial charge on any atom is -0.394 e. The van der Waals surface area contributed by atoms with E-state index < -0.39 is 224 Å². The van der Waals surface area contributed by atoms with Gasteiger partial charge in [-0.3, -0.25) is 0 Å². The highest BCUT2D eigenvalue weighted by Crippen LogP contribution is 2.38. The molecule has 30 atom stereocenters. The van der Waals surface area contributed by atoms with Crippen LogP contribution in [-0.2, 0) is 56.8 Å². The molecular weight excluding hydrogens is 1020 g/mol. The molecule has 74 heavy (non-hydrogen) atoms. The lowest BCUT2D eigenvalue weighted by Crippen LogP contribution is -2.69. The van der Waals surface area contributed by atoms with Gasteiger partial charge in [-0.05, 0) is 22.1 Å². The topological polar surface area (TPSA) is 589 Å². The zero-order valence-electron chi connectivity index (χ0n) is 38.1. The van der Waals surface area contributed by atoms with Crippen molar-refractivity contribution in [2.24, 2.45) is 20.5 Å². The van der Waals surface area contributed by atoms with Gasteiger partial charge in [-0.1, -0.05) is 20.5 Å². The predicted octanol–water partition coefficient (Wildman–Crippen LogP) is -7.78. The number of rotatable bonds is 10. The van der Waals surface area contributed by atoms with Crippen LogP contribution in [0.2, 0.25) is 0 Å². The fourth-order valence-corrected chi connectivity index (χ4v) is 9.40. The lowest BCUT2D eigenvalue weighted by molar-refractivity contribution is -0.400. The Morgan fingerprint density at radius 3 is 0.581 bits per heavy atom. The van der Waals surface area contributed by atoms with E-state index in [0.29, 0.717) is 0 Å². The average Bonchev–Trinajstić information content (AvgIpc) is 3.39. The molecule has 38 nitrogen and oxygen atoms in total. The Morgan fingerprint density at radius 2 is 0.419 bits per heavy atom. The highest BCUT2D eigenvalue weighted by molar-refractivity contribution is 5.02. The van der Waals surface area contributed by atoms with E-state index in [1.807, 2.05) is 0 Å². The Hall–Kier alpha value is -3.80. The van der Waals surface area contributed by atoms with Crippen molar-refractivity contribution in [1.29, 1.82) is 0 Å². The molecule has 22 aliphatic rings. The van der Waals surface area contributed by atoms with E-state index in [-0.39, 0.29) is 0 Å². The normalized spacial score (nSPS) is 50.0. The summed E-state index contributed by atoms with van der Waals surface area (Å²) in [6.07, 6.45) is -60.0. The van der Waals surface area contributed by atoms with Crippen LogP contribution in [0.3, 0.4) is 0 Å². The SMILES string of the molecule is [N-]=[N+]=NC[C@H]1O[C@@H]2O[C@H]3[C@H](O)[C@@H](O)[C@@H](O[C@H]4[C@H](O)[C@@H](O)[C@@H](O[C@H]5[C@H](O)[C@@H](O)[C@@H](O[C@H]6[C@H](O)[C@@H](O)[C@@H](O[C@H]7[C@H](O)[C@@H](O)[C@@H](O[C@H]1[C@H](O)[C@H]2O)O[C@@H]7CO)O[C@@H]6CN=[N+]=[N-])O[C@@H]5CN=[N+]=[N-])O[C@@H]4CO)O[C@@H]3CN=[N+]=[N-]. The van der Waals surface area contributed by atoms with Crippen molar-refractivity contribution in [2.75, 3.05) is 39.4 Å². The average molecular weight is 1070 g/mol. The quantitative estimate of drug-likeness (QED) is 0.0549. The Morgan fingerprint density at radius 1 is 0.257 bits per heavy atom. The van der Waals surface area contributed by atoms with Gasteiger partial charge in [0.25, 0.3) is 0 Å². The van der Waals surface area contributed by atoms with E-state index in [4.69, 9.17) is 56.8 Å². The van der Waals surface area contributed by atoms with Crippen molar-refractivity contribution < 1.29 is 128 Å². The maximum atomic E-state index is 11.5. The fraction of sp³-hybridized carbons (Fsp3) is 1.00. The second kappa shape index (κ2) is 25.6. The van der Waals surface area contributed by atoms with Gasteiger partial charge in [-0.2, -0.15) is 0 Å². The van der Waals surface area contributed by atoms with Crippen LogP contribution >= 0.6 is 0 Å². The Bertz CT molecular complexity index is 1880. The monoisotopic (exact) mass is 1070 g/mol. The van der Waals surface area contributed by atoms with Crippen molar-refractivity contribution in [2.45, 2.75) is 184 Å². The first kappa shape index (κ1) is 57.9. The molecule has 416 valence electrons. The molecule has 0 amide bonds. The molecule has 0 aromatic rings. The molecule has 12 bridgehead atoms. The number of hydrogen-bond acceptors (Lipinski definition) is 30. The van der Waals surface area contributed by atoms with E-state index in [9.17, 15) is 93.6 Å². The molecule has 22 rings (SSSR count). The lowest BCUT2D eigenvalue weighted by Gasteiger charge is -2.51. The Balaban J connectivity index is 1.25. The van der Waals surface area contributed by atoms with E-state index >= 15 is 0 Å². The third kappa shape index (κ3) is 12.0. The molecule has 0 aromatic heterocycles. The molecule has 22 saturated heterocycles. The van der Waals surface area contributed by atoms with E-state index in [0.717, 1.165) is 0 Å². The van der Waals surface area contributed by atoms with Crippen molar-refractivity contribution in [1.82, 2.24) is 0 Å². The van der Waals surface area contributed by atoms with E-state index in [1.54, 1.807) is 0 Å². The Labute approximate surface area is 413 Å². The smallest absolute Gasteiger partial charge is 0.187 e. The molecule has 22 aliphatic heterocycles. The standard InChI is InChI=1S/C36H56N12O26/c37-45-41-1-7-25-15(53)21(59)33(65-7)73-29-11(5-49)67-35(23(61)17(29)55)72-28-10(4-44-48-40)64-32(20(58)14(28)52)70-26-8(2-42-46-38)66-34(22(60)16(26)54)74-30-12(6-50)68-36(24(62)18(30)56)71-27-9(3-43-47-39)63-31(69-25)19(57)13(27)51/h7-36,49-62H,1-6H2/t7-,8-,9-,10-,11-,12-,13-,14-,15-,16-,17-,18-,19-,20-,21-,22-,23-,24-,25-,26-,27-,28-,29-,30-,31-,32-,33-,34-,35-,36-/m1/s1. The first-order valence-electron chi connectivity index (χ1n) is 22.7. The molecule has 22 heterocycles. The minimum absolute atomic E-state index is 0.727. The van der Waals surface area contributed by atoms with Crippen LogP contribution in [0.4, 0.5) is 0 Å². The van der Waals surface area contributed by atoms with Gasteiger partial charge >= 0.3 is 0 Å². The van der Waals surface area contributed by atoms with Crippen LogP contribution in [0, 0.1) is 0 Å². The summed E-state index contributed by atoms with van der Waals surface area (Å²) in [4.78, 5) is 10.6. The van der Waals surface area contributed by atoms with Crippen molar-refractivity contribution in [3.8, 4) is 0 Å². The second-order valence-electron chi connectivity index (χ2n) is 17.8. The Kier molecular flexibility index (Phi) is 20.0. The van der Waals surface area contributed by atoms with Crippen LogP contribution in [0.1, 0.15) is 0 Å². The molecular formula is C36H56N12O26.